The lowest BCUT2D eigenvalue weighted by Gasteiger charge is -2.32. The van der Waals surface area contributed by atoms with Gasteiger partial charge in [-0.25, -0.2) is 0 Å². The van der Waals surface area contributed by atoms with Crippen LogP contribution >= 0.6 is 12.4 Å². The summed E-state index contributed by atoms with van der Waals surface area (Å²) in [5.41, 5.74) is 6.50. The molecule has 0 saturated carbocycles. The van der Waals surface area contributed by atoms with Gasteiger partial charge in [0.05, 0.1) is 39.0 Å². The molecule has 1 rings (SSSR count). The molecule has 3 N–H and O–H groups in total. The Bertz CT molecular complexity index is 434. The molecule has 0 spiro atoms. The Morgan fingerprint density at radius 2 is 1.43 bits per heavy atom. The molecule has 0 amide bonds. The number of aliphatic hydroxyl groups excluding tert-OH is 1. The zero-order valence-corrected chi connectivity index (χ0v) is 14.3. The van der Waals surface area contributed by atoms with Crippen LogP contribution in [0.2, 0.25) is 0 Å². The number of benzene rings is 1. The first kappa shape index (κ1) is 19.8. The zero-order chi connectivity index (χ0) is 15.5. The van der Waals surface area contributed by atoms with Crippen LogP contribution in [0.25, 0.3) is 0 Å². The summed E-state index contributed by atoms with van der Waals surface area (Å²) in [7, 11) is 4.67. The number of halogens is 1. The van der Waals surface area contributed by atoms with E-state index in [2.05, 4.69) is 0 Å². The molecule has 1 aromatic carbocycles. The van der Waals surface area contributed by atoms with Crippen LogP contribution < -0.4 is 19.9 Å². The summed E-state index contributed by atoms with van der Waals surface area (Å²) in [5.74, 6) is 1.69. The van der Waals surface area contributed by atoms with E-state index in [0.717, 1.165) is 0 Å². The maximum absolute atomic E-state index is 10.4. The molecule has 0 unspecified atom stereocenters. The van der Waals surface area contributed by atoms with E-state index >= 15 is 0 Å². The smallest absolute Gasteiger partial charge is 0.131 e. The fraction of sp³-hybridized carbons (Fsp3) is 0.600. The molecule has 0 aliphatic carbocycles. The number of hydrogen-bond acceptors (Lipinski definition) is 5. The third-order valence-corrected chi connectivity index (χ3v) is 3.31. The van der Waals surface area contributed by atoms with Crippen LogP contribution in [0.3, 0.4) is 0 Å². The molecule has 0 radical (unpaired) electrons. The fourth-order valence-corrected chi connectivity index (χ4v) is 2.06. The molecule has 122 valence electrons. The SMILES string of the molecule is COc1cc(OC)c([C@@H](N)[C@@H](O)C(C)(C)C)c(OC)c1.Cl. The van der Waals surface area contributed by atoms with Crippen molar-refractivity contribution in [3.05, 3.63) is 17.7 Å². The van der Waals surface area contributed by atoms with E-state index in [1.165, 1.54) is 0 Å². The van der Waals surface area contributed by atoms with Crippen molar-refractivity contribution in [3.63, 3.8) is 0 Å². The minimum Gasteiger partial charge on any atom is -0.496 e. The van der Waals surface area contributed by atoms with Gasteiger partial charge in [0.2, 0.25) is 0 Å². The molecule has 1 aromatic rings. The molecule has 0 heterocycles. The molecule has 2 atom stereocenters. The molecule has 0 aromatic heterocycles. The lowest BCUT2D eigenvalue weighted by molar-refractivity contribution is 0.0387. The van der Waals surface area contributed by atoms with Gasteiger partial charge >= 0.3 is 0 Å². The largest absolute Gasteiger partial charge is 0.496 e. The van der Waals surface area contributed by atoms with Crippen LogP contribution in [0.4, 0.5) is 0 Å². The highest BCUT2D eigenvalue weighted by atomic mass is 35.5. The Morgan fingerprint density at radius 1 is 1.00 bits per heavy atom. The summed E-state index contributed by atoms with van der Waals surface area (Å²) in [6, 6.07) is 2.84. The van der Waals surface area contributed by atoms with E-state index in [1.54, 1.807) is 33.5 Å². The lowest BCUT2D eigenvalue weighted by atomic mass is 9.82. The van der Waals surface area contributed by atoms with Crippen molar-refractivity contribution >= 4 is 12.4 Å². The van der Waals surface area contributed by atoms with Gasteiger partial charge in [0.1, 0.15) is 17.2 Å². The molecule has 21 heavy (non-hydrogen) atoms. The predicted octanol–water partition coefficient (Wildman–Crippen LogP) is 2.54. The number of aliphatic hydroxyl groups is 1. The quantitative estimate of drug-likeness (QED) is 0.872. The second-order valence-corrected chi connectivity index (χ2v) is 5.78. The first-order chi connectivity index (χ1) is 9.26. The maximum Gasteiger partial charge on any atom is 0.131 e. The predicted molar refractivity (Wildman–Crippen MR) is 85.7 cm³/mol. The summed E-state index contributed by atoms with van der Waals surface area (Å²) < 4.78 is 15.9. The Morgan fingerprint density at radius 3 is 1.71 bits per heavy atom. The summed E-state index contributed by atoms with van der Waals surface area (Å²) in [6.07, 6.45) is -0.737. The standard InChI is InChI=1S/C15H25NO4.ClH/c1-15(2,3)14(17)13(16)12-10(19-5)7-9(18-4)8-11(12)20-6;/h7-8,13-14,17H,16H2,1-6H3;1H/t13-,14-;/m1./s1. The molecule has 0 fully saturated rings. The van der Waals surface area contributed by atoms with E-state index in [4.69, 9.17) is 19.9 Å². The highest BCUT2D eigenvalue weighted by Gasteiger charge is 2.33. The van der Waals surface area contributed by atoms with Crippen molar-refractivity contribution in [3.8, 4) is 17.2 Å². The van der Waals surface area contributed by atoms with E-state index < -0.39 is 12.1 Å². The van der Waals surface area contributed by atoms with E-state index in [-0.39, 0.29) is 17.8 Å². The van der Waals surface area contributed by atoms with Crippen LogP contribution in [-0.4, -0.2) is 32.5 Å². The molecular formula is C15H26ClNO4. The first-order valence-electron chi connectivity index (χ1n) is 6.49. The topological polar surface area (TPSA) is 73.9 Å². The summed E-state index contributed by atoms with van der Waals surface area (Å²) in [4.78, 5) is 0. The van der Waals surface area contributed by atoms with E-state index in [0.29, 0.717) is 22.8 Å². The van der Waals surface area contributed by atoms with E-state index in [1.807, 2.05) is 20.8 Å². The second-order valence-electron chi connectivity index (χ2n) is 5.78. The molecular weight excluding hydrogens is 294 g/mol. The summed E-state index contributed by atoms with van der Waals surface area (Å²) in [5, 5.41) is 10.4. The highest BCUT2D eigenvalue weighted by molar-refractivity contribution is 5.85. The van der Waals surface area contributed by atoms with Gasteiger partial charge < -0.3 is 25.1 Å². The third-order valence-electron chi connectivity index (χ3n) is 3.31. The average molecular weight is 320 g/mol. The monoisotopic (exact) mass is 319 g/mol. The van der Waals surface area contributed by atoms with Crippen LogP contribution in [0.5, 0.6) is 17.2 Å². The first-order valence-corrected chi connectivity index (χ1v) is 6.49. The van der Waals surface area contributed by atoms with Gasteiger partial charge in [-0.1, -0.05) is 20.8 Å². The molecule has 0 bridgehead atoms. The summed E-state index contributed by atoms with van der Waals surface area (Å²) in [6.45, 7) is 5.79. The van der Waals surface area contributed by atoms with Gasteiger partial charge in [0.25, 0.3) is 0 Å². The third kappa shape index (κ3) is 4.40. The van der Waals surface area contributed by atoms with Crippen LogP contribution in [0.1, 0.15) is 32.4 Å². The van der Waals surface area contributed by atoms with Crippen LogP contribution in [0.15, 0.2) is 12.1 Å². The highest BCUT2D eigenvalue weighted by Crippen LogP contribution is 2.41. The Balaban J connectivity index is 0.00000400. The number of rotatable bonds is 5. The van der Waals surface area contributed by atoms with Crippen molar-refractivity contribution in [2.45, 2.75) is 32.9 Å². The average Bonchev–Trinajstić information content (AvgIpc) is 2.42. The molecule has 6 heteroatoms. The van der Waals surface area contributed by atoms with E-state index in [9.17, 15) is 5.11 Å². The van der Waals surface area contributed by atoms with Crippen molar-refractivity contribution in [1.29, 1.82) is 0 Å². The molecule has 0 saturated heterocycles. The van der Waals surface area contributed by atoms with Gasteiger partial charge in [-0.3, -0.25) is 0 Å². The van der Waals surface area contributed by atoms with Crippen LogP contribution in [-0.2, 0) is 0 Å². The summed E-state index contributed by atoms with van der Waals surface area (Å²) >= 11 is 0. The Labute approximate surface area is 132 Å². The van der Waals surface area contributed by atoms with Crippen molar-refractivity contribution < 1.29 is 19.3 Å². The lowest BCUT2D eigenvalue weighted by Crippen LogP contribution is -2.37. The molecule has 0 aliphatic rings. The van der Waals surface area contributed by atoms with Crippen molar-refractivity contribution in [2.75, 3.05) is 21.3 Å². The zero-order valence-electron chi connectivity index (χ0n) is 13.5. The minimum atomic E-state index is -0.737. The van der Waals surface area contributed by atoms with Gasteiger partial charge in [0, 0.05) is 12.1 Å². The van der Waals surface area contributed by atoms with Gasteiger partial charge in [-0.05, 0) is 5.41 Å². The van der Waals surface area contributed by atoms with Crippen molar-refractivity contribution in [2.24, 2.45) is 11.1 Å². The normalized spacial score (nSPS) is 13.9. The second kappa shape index (κ2) is 7.73. The minimum absolute atomic E-state index is 0. The molecule has 5 nitrogen and oxygen atoms in total. The maximum atomic E-state index is 10.4. The fourth-order valence-electron chi connectivity index (χ4n) is 2.06. The van der Waals surface area contributed by atoms with Gasteiger partial charge in [-0.15, -0.1) is 12.4 Å². The van der Waals surface area contributed by atoms with Gasteiger partial charge in [-0.2, -0.15) is 0 Å². The molecule has 0 aliphatic heterocycles. The van der Waals surface area contributed by atoms with Crippen molar-refractivity contribution in [1.82, 2.24) is 0 Å². The number of ether oxygens (including phenoxy) is 3. The number of nitrogens with two attached hydrogens (primary N) is 1. The Hall–Kier alpha value is -1.17. The van der Waals surface area contributed by atoms with Crippen LogP contribution in [0, 0.1) is 5.41 Å². The van der Waals surface area contributed by atoms with Gasteiger partial charge in [0.15, 0.2) is 0 Å². The number of methoxy groups -OCH3 is 3. The number of hydrogen-bond donors (Lipinski definition) is 2. The Kier molecular flexibility index (Phi) is 7.30.